The Labute approximate surface area is 226 Å². The molecule has 1 N–H and O–H groups in total. The van der Waals surface area contributed by atoms with Crippen molar-refractivity contribution < 1.29 is 17.9 Å². The Morgan fingerprint density at radius 3 is 2.43 bits per heavy atom. The summed E-state index contributed by atoms with van der Waals surface area (Å²) in [5.41, 5.74) is 2.55. The van der Waals surface area contributed by atoms with Gasteiger partial charge in [0.2, 0.25) is 0 Å². The zero-order valence-electron chi connectivity index (χ0n) is 20.9. The van der Waals surface area contributed by atoms with E-state index in [0.29, 0.717) is 15.6 Å². The van der Waals surface area contributed by atoms with E-state index < -0.39 is 22.0 Å². The van der Waals surface area contributed by atoms with Crippen molar-refractivity contribution in [3.05, 3.63) is 88.3 Å². The standard InChI is InChI=1S/C28H29ClN2O4S2/c1-4-31(5-2)22-12-13-24(19(3)15-22)30-28(32)35-25(18-37(33,34)23-9-7-6-8-10-23)27-17-20-16-21(29)11-14-26(20)36-27/h6-17,25H,4-5,18H2,1-3H3,(H,30,32). The number of aryl methyl sites for hydroxylation is 1. The number of carbonyl (C=O) groups is 1. The van der Waals surface area contributed by atoms with Gasteiger partial charge in [-0.05, 0) is 86.3 Å². The topological polar surface area (TPSA) is 75.7 Å². The molecule has 0 radical (unpaired) electrons. The summed E-state index contributed by atoms with van der Waals surface area (Å²) >= 11 is 7.52. The lowest BCUT2D eigenvalue weighted by Crippen LogP contribution is -2.24. The van der Waals surface area contributed by atoms with Crippen molar-refractivity contribution in [3.8, 4) is 0 Å². The number of benzene rings is 3. The first kappa shape index (κ1) is 27.0. The van der Waals surface area contributed by atoms with Gasteiger partial charge in [0.15, 0.2) is 15.9 Å². The van der Waals surface area contributed by atoms with Gasteiger partial charge in [-0.25, -0.2) is 13.2 Å². The van der Waals surface area contributed by atoms with E-state index in [1.54, 1.807) is 30.3 Å². The Hall–Kier alpha value is -3.07. The van der Waals surface area contributed by atoms with Gasteiger partial charge in [0.25, 0.3) is 0 Å². The molecule has 6 nitrogen and oxygen atoms in total. The molecule has 0 spiro atoms. The average molecular weight is 557 g/mol. The van der Waals surface area contributed by atoms with Crippen LogP contribution in [0.3, 0.4) is 0 Å². The van der Waals surface area contributed by atoms with Crippen LogP contribution in [0, 0.1) is 6.92 Å². The van der Waals surface area contributed by atoms with Crippen LogP contribution in [0.15, 0.2) is 77.7 Å². The van der Waals surface area contributed by atoms with Crippen molar-refractivity contribution in [2.45, 2.75) is 31.8 Å². The Kier molecular flexibility index (Phi) is 8.42. The summed E-state index contributed by atoms with van der Waals surface area (Å²) in [6, 6.07) is 21.2. The minimum atomic E-state index is -3.73. The molecule has 1 atom stereocenters. The molecule has 37 heavy (non-hydrogen) atoms. The normalized spacial score (nSPS) is 12.3. The number of thiophene rings is 1. The zero-order valence-corrected chi connectivity index (χ0v) is 23.3. The van der Waals surface area contributed by atoms with Crippen LogP contribution < -0.4 is 10.2 Å². The van der Waals surface area contributed by atoms with E-state index in [1.165, 1.54) is 23.5 Å². The maximum Gasteiger partial charge on any atom is 0.412 e. The molecule has 0 bridgehead atoms. The van der Waals surface area contributed by atoms with Crippen molar-refractivity contribution in [2.24, 2.45) is 0 Å². The van der Waals surface area contributed by atoms with E-state index in [-0.39, 0.29) is 10.6 Å². The Balaban J connectivity index is 1.60. The number of amides is 1. The van der Waals surface area contributed by atoms with Gasteiger partial charge in [0, 0.05) is 39.1 Å². The van der Waals surface area contributed by atoms with Crippen LogP contribution in [0.2, 0.25) is 5.02 Å². The Morgan fingerprint density at radius 1 is 1.03 bits per heavy atom. The summed E-state index contributed by atoms with van der Waals surface area (Å²) in [5, 5.41) is 4.23. The second kappa shape index (κ2) is 11.5. The van der Waals surface area contributed by atoms with Gasteiger partial charge in [-0.2, -0.15) is 0 Å². The average Bonchev–Trinajstić information content (AvgIpc) is 3.30. The fourth-order valence-corrected chi connectivity index (χ4v) is 6.90. The first-order chi connectivity index (χ1) is 17.7. The first-order valence-electron chi connectivity index (χ1n) is 12.0. The zero-order chi connectivity index (χ0) is 26.6. The number of halogens is 1. The van der Waals surface area contributed by atoms with Crippen molar-refractivity contribution in [3.63, 3.8) is 0 Å². The van der Waals surface area contributed by atoms with Gasteiger partial charge in [-0.15, -0.1) is 11.3 Å². The van der Waals surface area contributed by atoms with E-state index in [1.807, 2.05) is 37.3 Å². The molecule has 1 amide bonds. The lowest BCUT2D eigenvalue weighted by Gasteiger charge is -2.22. The summed E-state index contributed by atoms with van der Waals surface area (Å²) in [4.78, 5) is 16.0. The maximum absolute atomic E-state index is 13.2. The third-order valence-electron chi connectivity index (χ3n) is 6.11. The van der Waals surface area contributed by atoms with E-state index in [2.05, 4.69) is 24.1 Å². The highest BCUT2D eigenvalue weighted by Crippen LogP contribution is 2.35. The molecule has 4 aromatic rings. The predicted molar refractivity (Wildman–Crippen MR) is 153 cm³/mol. The predicted octanol–water partition coefficient (Wildman–Crippen LogP) is 7.47. The summed E-state index contributed by atoms with van der Waals surface area (Å²) in [7, 11) is -3.73. The Bertz CT molecular complexity index is 1500. The summed E-state index contributed by atoms with van der Waals surface area (Å²) in [6.45, 7) is 7.85. The monoisotopic (exact) mass is 556 g/mol. The number of hydrogen-bond donors (Lipinski definition) is 1. The number of ether oxygens (including phenoxy) is 1. The van der Waals surface area contributed by atoms with Crippen molar-refractivity contribution in [2.75, 3.05) is 29.1 Å². The highest BCUT2D eigenvalue weighted by atomic mass is 35.5. The van der Waals surface area contributed by atoms with Crippen molar-refractivity contribution in [1.82, 2.24) is 0 Å². The molecule has 0 aliphatic heterocycles. The molecule has 0 saturated heterocycles. The van der Waals surface area contributed by atoms with Gasteiger partial charge >= 0.3 is 6.09 Å². The molecular formula is C28H29ClN2O4S2. The molecule has 1 heterocycles. The quantitative estimate of drug-likeness (QED) is 0.231. The van der Waals surface area contributed by atoms with E-state index in [0.717, 1.165) is 34.4 Å². The van der Waals surface area contributed by atoms with Gasteiger partial charge in [-0.3, -0.25) is 5.32 Å². The number of rotatable bonds is 9. The third kappa shape index (κ3) is 6.44. The van der Waals surface area contributed by atoms with Crippen LogP contribution in [0.25, 0.3) is 10.1 Å². The largest absolute Gasteiger partial charge is 0.439 e. The van der Waals surface area contributed by atoms with Crippen LogP contribution in [-0.2, 0) is 14.6 Å². The molecule has 1 aromatic heterocycles. The van der Waals surface area contributed by atoms with Gasteiger partial charge in [0.1, 0.15) is 0 Å². The fraction of sp³-hybridized carbons (Fsp3) is 0.250. The number of sulfone groups is 1. The van der Waals surface area contributed by atoms with Gasteiger partial charge < -0.3 is 9.64 Å². The molecule has 1 unspecified atom stereocenters. The van der Waals surface area contributed by atoms with Crippen LogP contribution in [0.1, 0.15) is 30.4 Å². The number of carbonyl (C=O) groups excluding carboxylic acids is 1. The number of fused-ring (bicyclic) bond motifs is 1. The smallest absolute Gasteiger partial charge is 0.412 e. The van der Waals surface area contributed by atoms with Crippen LogP contribution in [-0.4, -0.2) is 33.4 Å². The van der Waals surface area contributed by atoms with Crippen LogP contribution >= 0.6 is 22.9 Å². The fourth-order valence-electron chi connectivity index (χ4n) is 4.13. The van der Waals surface area contributed by atoms with Crippen LogP contribution in [0.4, 0.5) is 16.2 Å². The molecular weight excluding hydrogens is 528 g/mol. The summed E-state index contributed by atoms with van der Waals surface area (Å²) in [6.07, 6.45) is -1.72. The maximum atomic E-state index is 13.2. The summed E-state index contributed by atoms with van der Waals surface area (Å²) in [5.74, 6) is -0.384. The van der Waals surface area contributed by atoms with Crippen LogP contribution in [0.5, 0.6) is 0 Å². The van der Waals surface area contributed by atoms with Crippen molar-refractivity contribution in [1.29, 1.82) is 0 Å². The molecule has 194 valence electrons. The number of hydrogen-bond acceptors (Lipinski definition) is 6. The van der Waals surface area contributed by atoms with E-state index in [9.17, 15) is 13.2 Å². The molecule has 9 heteroatoms. The molecule has 4 rings (SSSR count). The van der Waals surface area contributed by atoms with E-state index >= 15 is 0 Å². The lowest BCUT2D eigenvalue weighted by atomic mass is 10.1. The lowest BCUT2D eigenvalue weighted by molar-refractivity contribution is 0.124. The molecule has 0 aliphatic rings. The van der Waals surface area contributed by atoms with Gasteiger partial charge in [0.05, 0.1) is 10.6 Å². The molecule has 0 aliphatic carbocycles. The first-order valence-corrected chi connectivity index (χ1v) is 14.8. The SMILES string of the molecule is CCN(CC)c1ccc(NC(=O)OC(CS(=O)(=O)c2ccccc2)c2cc3cc(Cl)ccc3s2)c(C)c1. The number of nitrogens with one attached hydrogen (secondary N) is 1. The molecule has 0 fully saturated rings. The second-order valence-electron chi connectivity index (χ2n) is 8.62. The molecule has 3 aromatic carbocycles. The number of anilines is 2. The molecule has 0 saturated carbocycles. The van der Waals surface area contributed by atoms with E-state index in [4.69, 9.17) is 16.3 Å². The Morgan fingerprint density at radius 2 is 1.76 bits per heavy atom. The van der Waals surface area contributed by atoms with Crippen molar-refractivity contribution >= 4 is 60.3 Å². The minimum absolute atomic E-state index is 0.177. The number of nitrogens with zero attached hydrogens (tertiary/aromatic N) is 1. The highest BCUT2D eigenvalue weighted by molar-refractivity contribution is 7.91. The highest BCUT2D eigenvalue weighted by Gasteiger charge is 2.28. The third-order valence-corrected chi connectivity index (χ3v) is 9.29. The summed E-state index contributed by atoms with van der Waals surface area (Å²) < 4.78 is 33.1. The minimum Gasteiger partial charge on any atom is -0.439 e. The van der Waals surface area contributed by atoms with Gasteiger partial charge in [-0.1, -0.05) is 29.8 Å². The second-order valence-corrected chi connectivity index (χ2v) is 12.2.